The first-order valence-electron chi connectivity index (χ1n) is 7.94. The molecule has 9 heteroatoms. The van der Waals surface area contributed by atoms with Gasteiger partial charge in [0.05, 0.1) is 24.1 Å². The summed E-state index contributed by atoms with van der Waals surface area (Å²) in [7, 11) is -1.28. The quantitative estimate of drug-likeness (QED) is 0.627. The Morgan fingerprint density at radius 1 is 1.40 bits per heavy atom. The van der Waals surface area contributed by atoms with E-state index in [4.69, 9.17) is 11.6 Å². The number of nitrogens with one attached hydrogen (secondary N) is 2. The molecule has 2 amide bonds. The summed E-state index contributed by atoms with van der Waals surface area (Å²) in [6.07, 6.45) is 2.79. The van der Waals surface area contributed by atoms with E-state index in [1.165, 1.54) is 11.2 Å². The maximum atomic E-state index is 12.5. The van der Waals surface area contributed by atoms with Gasteiger partial charge in [0.15, 0.2) is 0 Å². The van der Waals surface area contributed by atoms with Crippen molar-refractivity contribution < 1.29 is 18.9 Å². The Bertz CT molecular complexity index is 671. The van der Waals surface area contributed by atoms with Crippen molar-refractivity contribution in [3.63, 3.8) is 0 Å². The monoisotopic (exact) mass is 387 g/mol. The third-order valence-corrected chi connectivity index (χ3v) is 4.88. The smallest absolute Gasteiger partial charge is 0.243 e. The minimum atomic E-state index is -1.28. The van der Waals surface area contributed by atoms with Crippen molar-refractivity contribution in [1.29, 1.82) is 0 Å². The van der Waals surface area contributed by atoms with Gasteiger partial charge in [0.2, 0.25) is 11.8 Å². The largest absolute Gasteiger partial charge is 0.392 e. The van der Waals surface area contributed by atoms with Crippen molar-refractivity contribution in [3.05, 3.63) is 34.3 Å². The van der Waals surface area contributed by atoms with Crippen LogP contribution < -0.4 is 10.0 Å². The lowest BCUT2D eigenvalue weighted by molar-refractivity contribution is -0.137. The van der Waals surface area contributed by atoms with Gasteiger partial charge in [-0.3, -0.25) is 9.59 Å². The second kappa shape index (κ2) is 9.28. The standard InChI is InChI=1S/C16H22ClN3O4S/c1-25(24)19-9-15(22)20-6-2-3-14(20)16(23)18-8-12-7-13(17)5-4-11(12)10-21/h4-5,7,14,19,21H,2-3,6,8-10H2,1H3,(H,18,23). The molecule has 2 unspecified atom stereocenters. The lowest BCUT2D eigenvalue weighted by atomic mass is 10.1. The fraction of sp³-hybridized carbons (Fsp3) is 0.500. The molecule has 1 saturated heterocycles. The molecule has 0 radical (unpaired) electrons. The van der Waals surface area contributed by atoms with Gasteiger partial charge in [-0.2, -0.15) is 0 Å². The number of hydrogen-bond donors (Lipinski definition) is 3. The highest BCUT2D eigenvalue weighted by Crippen LogP contribution is 2.19. The van der Waals surface area contributed by atoms with Gasteiger partial charge < -0.3 is 15.3 Å². The Hall–Kier alpha value is -1.48. The highest BCUT2D eigenvalue weighted by Gasteiger charge is 2.33. The summed E-state index contributed by atoms with van der Waals surface area (Å²) in [5.41, 5.74) is 1.43. The van der Waals surface area contributed by atoms with Crippen LogP contribution in [0.25, 0.3) is 0 Å². The van der Waals surface area contributed by atoms with E-state index in [1.807, 2.05) is 0 Å². The zero-order valence-corrected chi connectivity index (χ0v) is 15.5. The van der Waals surface area contributed by atoms with Gasteiger partial charge in [-0.05, 0) is 36.1 Å². The van der Waals surface area contributed by atoms with Crippen LogP contribution in [0.3, 0.4) is 0 Å². The van der Waals surface area contributed by atoms with Gasteiger partial charge in [-0.15, -0.1) is 0 Å². The van der Waals surface area contributed by atoms with Gasteiger partial charge in [0.25, 0.3) is 0 Å². The van der Waals surface area contributed by atoms with E-state index in [0.29, 0.717) is 23.6 Å². The zero-order valence-electron chi connectivity index (χ0n) is 14.0. The minimum absolute atomic E-state index is 0.0597. The van der Waals surface area contributed by atoms with Crippen LogP contribution in [0.4, 0.5) is 0 Å². The summed E-state index contributed by atoms with van der Waals surface area (Å²) >= 11 is 5.96. The first kappa shape index (κ1) is 19.8. The van der Waals surface area contributed by atoms with Crippen LogP contribution in [0.5, 0.6) is 0 Å². The lowest BCUT2D eigenvalue weighted by Crippen LogP contribution is -2.48. The van der Waals surface area contributed by atoms with E-state index in [2.05, 4.69) is 10.0 Å². The van der Waals surface area contributed by atoms with E-state index in [9.17, 15) is 18.9 Å². The predicted octanol–water partition coefficient (Wildman–Crippen LogP) is 0.323. The number of carbonyl (C=O) groups excluding carboxylic acids is 2. The molecule has 25 heavy (non-hydrogen) atoms. The molecule has 1 aromatic rings. The van der Waals surface area contributed by atoms with Crippen molar-refractivity contribution in [2.45, 2.75) is 32.0 Å². The van der Waals surface area contributed by atoms with E-state index in [1.54, 1.807) is 18.2 Å². The van der Waals surface area contributed by atoms with E-state index >= 15 is 0 Å². The fourth-order valence-electron chi connectivity index (χ4n) is 2.82. The van der Waals surface area contributed by atoms with Crippen LogP contribution in [0.15, 0.2) is 18.2 Å². The minimum Gasteiger partial charge on any atom is -0.392 e. The van der Waals surface area contributed by atoms with Gasteiger partial charge in [0.1, 0.15) is 6.04 Å². The van der Waals surface area contributed by atoms with Gasteiger partial charge in [-0.1, -0.05) is 17.7 Å². The van der Waals surface area contributed by atoms with E-state index < -0.39 is 17.0 Å². The molecule has 2 atom stereocenters. The molecule has 3 N–H and O–H groups in total. The predicted molar refractivity (Wildman–Crippen MR) is 96.0 cm³/mol. The molecule has 0 aliphatic carbocycles. The molecule has 0 saturated carbocycles. The Labute approximate surface area is 154 Å². The number of aliphatic hydroxyl groups is 1. The second-order valence-electron chi connectivity index (χ2n) is 5.81. The number of amides is 2. The van der Waals surface area contributed by atoms with Crippen molar-refractivity contribution in [2.24, 2.45) is 0 Å². The Morgan fingerprint density at radius 2 is 2.16 bits per heavy atom. The summed E-state index contributed by atoms with van der Waals surface area (Å²) in [5.74, 6) is -0.487. The van der Waals surface area contributed by atoms with Crippen LogP contribution in [0, 0.1) is 0 Å². The average molecular weight is 388 g/mol. The number of nitrogens with zero attached hydrogens (tertiary/aromatic N) is 1. The molecule has 1 aliphatic heterocycles. The average Bonchev–Trinajstić information content (AvgIpc) is 3.07. The number of hydrogen-bond acceptors (Lipinski definition) is 4. The van der Waals surface area contributed by atoms with E-state index in [0.717, 1.165) is 12.0 Å². The summed E-state index contributed by atoms with van der Waals surface area (Å²) in [4.78, 5) is 26.2. The van der Waals surface area contributed by atoms with Gasteiger partial charge in [-0.25, -0.2) is 8.93 Å². The van der Waals surface area contributed by atoms with E-state index in [-0.39, 0.29) is 31.5 Å². The Kier molecular flexibility index (Phi) is 7.37. The normalized spacial score (nSPS) is 18.2. The molecule has 1 aromatic carbocycles. The Balaban J connectivity index is 1.96. The molecule has 1 fully saturated rings. The second-order valence-corrected chi connectivity index (χ2v) is 7.44. The molecular formula is C16H22ClN3O4S. The molecule has 0 aromatic heterocycles. The van der Waals surface area contributed by atoms with Crippen molar-refractivity contribution >= 4 is 34.4 Å². The van der Waals surface area contributed by atoms with Crippen molar-refractivity contribution in [2.75, 3.05) is 19.3 Å². The zero-order chi connectivity index (χ0) is 18.4. The molecule has 1 heterocycles. The Morgan fingerprint density at radius 3 is 2.84 bits per heavy atom. The number of halogens is 1. The maximum absolute atomic E-state index is 12.5. The van der Waals surface area contributed by atoms with Crippen LogP contribution in [0.1, 0.15) is 24.0 Å². The molecule has 1 aliphatic rings. The van der Waals surface area contributed by atoms with Crippen molar-refractivity contribution in [1.82, 2.24) is 14.9 Å². The summed E-state index contributed by atoms with van der Waals surface area (Å²) in [6.45, 7) is 0.533. The van der Waals surface area contributed by atoms with Crippen LogP contribution in [-0.4, -0.2) is 51.4 Å². The number of benzene rings is 1. The number of likely N-dealkylation sites (tertiary alicyclic amines) is 1. The summed E-state index contributed by atoms with van der Waals surface area (Å²) in [6, 6.07) is 4.56. The van der Waals surface area contributed by atoms with Crippen LogP contribution in [0.2, 0.25) is 5.02 Å². The first-order chi connectivity index (χ1) is 11.9. The third-order valence-electron chi connectivity index (χ3n) is 4.09. The molecule has 0 bridgehead atoms. The summed E-state index contributed by atoms with van der Waals surface area (Å²) in [5, 5.41) is 12.7. The van der Waals surface area contributed by atoms with Crippen LogP contribution in [-0.2, 0) is 33.7 Å². The topological polar surface area (TPSA) is 98.7 Å². The fourth-order valence-corrected chi connectivity index (χ4v) is 3.34. The molecule has 2 rings (SSSR count). The van der Waals surface area contributed by atoms with Gasteiger partial charge >= 0.3 is 0 Å². The number of rotatable bonds is 7. The van der Waals surface area contributed by atoms with Crippen molar-refractivity contribution in [3.8, 4) is 0 Å². The number of aliphatic hydroxyl groups excluding tert-OH is 1. The van der Waals surface area contributed by atoms with Gasteiger partial charge in [0, 0.05) is 24.4 Å². The maximum Gasteiger partial charge on any atom is 0.243 e. The first-order valence-corrected chi connectivity index (χ1v) is 9.88. The molecule has 138 valence electrons. The highest BCUT2D eigenvalue weighted by atomic mass is 35.5. The lowest BCUT2D eigenvalue weighted by Gasteiger charge is -2.24. The van der Waals surface area contributed by atoms with Crippen LogP contribution >= 0.6 is 11.6 Å². The third kappa shape index (κ3) is 5.50. The molecule has 7 nitrogen and oxygen atoms in total. The summed E-state index contributed by atoms with van der Waals surface area (Å²) < 4.78 is 13.6. The molecular weight excluding hydrogens is 366 g/mol. The SMILES string of the molecule is CS(=O)NCC(=O)N1CCCC1C(=O)NCc1cc(Cl)ccc1CO. The highest BCUT2D eigenvalue weighted by molar-refractivity contribution is 7.82. The molecule has 0 spiro atoms. The number of carbonyl (C=O) groups is 2.